The van der Waals surface area contributed by atoms with Crippen LogP contribution in [0.2, 0.25) is 0 Å². The van der Waals surface area contributed by atoms with Gasteiger partial charge >= 0.3 is 5.97 Å². The molecule has 13 heteroatoms. The molecule has 0 aromatic carbocycles. The normalized spacial score (nSPS) is 15.8. The van der Waals surface area contributed by atoms with Crippen LogP contribution in [-0.4, -0.2) is 76.6 Å². The third-order valence-corrected chi connectivity index (χ3v) is 4.17. The van der Waals surface area contributed by atoms with Crippen LogP contribution in [0.1, 0.15) is 39.5 Å². The van der Waals surface area contributed by atoms with Gasteiger partial charge in [-0.25, -0.2) is 4.79 Å². The van der Waals surface area contributed by atoms with E-state index in [0.717, 1.165) is 0 Å². The number of rotatable bonds is 14. The molecule has 172 valence electrons. The number of nitrogens with two attached hydrogens (primary N) is 3. The van der Waals surface area contributed by atoms with Gasteiger partial charge in [0, 0.05) is 0 Å². The van der Waals surface area contributed by atoms with Gasteiger partial charge < -0.3 is 43.4 Å². The van der Waals surface area contributed by atoms with Gasteiger partial charge in [0.15, 0.2) is 0 Å². The molecule has 0 heterocycles. The van der Waals surface area contributed by atoms with Crippen LogP contribution in [0, 0.1) is 0 Å². The van der Waals surface area contributed by atoms with Gasteiger partial charge in [0.1, 0.15) is 24.2 Å². The molecule has 4 amide bonds. The van der Waals surface area contributed by atoms with Crippen LogP contribution in [-0.2, 0) is 24.0 Å². The van der Waals surface area contributed by atoms with Crippen LogP contribution in [0.4, 0.5) is 0 Å². The SMILES string of the molecule is CC(NC(=O)C(CCCCN)NC(=O)C(N)C(C)O)C(=O)NC(CC(N)=O)C(=O)O. The highest BCUT2D eigenvalue weighted by atomic mass is 16.4. The third kappa shape index (κ3) is 10.1. The number of unbranched alkanes of at least 4 members (excludes halogenated alkanes) is 1. The van der Waals surface area contributed by atoms with Gasteiger partial charge in [-0.2, -0.15) is 0 Å². The molecule has 30 heavy (non-hydrogen) atoms. The third-order valence-electron chi connectivity index (χ3n) is 4.17. The van der Waals surface area contributed by atoms with Crippen LogP contribution in [0.3, 0.4) is 0 Å². The van der Waals surface area contributed by atoms with E-state index in [1.54, 1.807) is 0 Å². The fourth-order valence-electron chi connectivity index (χ4n) is 2.33. The molecule has 5 atom stereocenters. The summed E-state index contributed by atoms with van der Waals surface area (Å²) in [6.45, 7) is 3.01. The van der Waals surface area contributed by atoms with Crippen molar-refractivity contribution >= 4 is 29.6 Å². The number of carbonyl (C=O) groups is 5. The van der Waals surface area contributed by atoms with Gasteiger partial charge in [-0.05, 0) is 39.7 Å². The molecular formula is C17H32N6O7. The highest BCUT2D eigenvalue weighted by Gasteiger charge is 2.29. The zero-order chi connectivity index (χ0) is 23.4. The molecule has 0 radical (unpaired) electrons. The smallest absolute Gasteiger partial charge is 0.326 e. The zero-order valence-electron chi connectivity index (χ0n) is 17.1. The van der Waals surface area contributed by atoms with E-state index < -0.39 is 66.3 Å². The molecule has 0 fully saturated rings. The fourth-order valence-corrected chi connectivity index (χ4v) is 2.33. The number of carbonyl (C=O) groups excluding carboxylic acids is 4. The van der Waals surface area contributed by atoms with Crippen molar-refractivity contribution in [2.45, 2.75) is 69.8 Å². The van der Waals surface area contributed by atoms with Crippen LogP contribution in [0.15, 0.2) is 0 Å². The fraction of sp³-hybridized carbons (Fsp3) is 0.706. The molecule has 0 saturated heterocycles. The molecule has 0 aromatic heterocycles. The first-order chi connectivity index (χ1) is 13.9. The van der Waals surface area contributed by atoms with Crippen LogP contribution in [0.5, 0.6) is 0 Å². The number of hydrogen-bond donors (Lipinski definition) is 8. The predicted octanol–water partition coefficient (Wildman–Crippen LogP) is -3.74. The number of primary amides is 1. The predicted molar refractivity (Wildman–Crippen MR) is 105 cm³/mol. The Morgan fingerprint density at radius 1 is 0.900 bits per heavy atom. The van der Waals surface area contributed by atoms with Crippen molar-refractivity contribution in [3.05, 3.63) is 0 Å². The van der Waals surface area contributed by atoms with E-state index in [0.29, 0.717) is 19.4 Å². The van der Waals surface area contributed by atoms with Gasteiger partial charge in [0.05, 0.1) is 12.5 Å². The van der Waals surface area contributed by atoms with Crippen molar-refractivity contribution in [3.8, 4) is 0 Å². The minimum Gasteiger partial charge on any atom is -0.480 e. The van der Waals surface area contributed by atoms with E-state index in [4.69, 9.17) is 22.3 Å². The molecule has 0 aliphatic heterocycles. The van der Waals surface area contributed by atoms with Crippen molar-refractivity contribution in [3.63, 3.8) is 0 Å². The second-order valence-corrected chi connectivity index (χ2v) is 6.91. The second kappa shape index (κ2) is 13.5. The Labute approximate surface area is 174 Å². The molecule has 0 saturated carbocycles. The monoisotopic (exact) mass is 432 g/mol. The summed E-state index contributed by atoms with van der Waals surface area (Å²) in [6, 6.07) is -5.02. The van der Waals surface area contributed by atoms with Crippen molar-refractivity contribution in [1.29, 1.82) is 0 Å². The topological polar surface area (TPSA) is 240 Å². The Morgan fingerprint density at radius 2 is 1.47 bits per heavy atom. The number of hydrogen-bond acceptors (Lipinski definition) is 8. The van der Waals surface area contributed by atoms with Gasteiger partial charge in [-0.3, -0.25) is 19.2 Å². The molecule has 0 spiro atoms. The van der Waals surface area contributed by atoms with Gasteiger partial charge in [-0.15, -0.1) is 0 Å². The van der Waals surface area contributed by atoms with Crippen molar-refractivity contribution in [2.24, 2.45) is 17.2 Å². The van der Waals surface area contributed by atoms with Crippen LogP contribution in [0.25, 0.3) is 0 Å². The molecule has 0 aliphatic carbocycles. The molecule has 0 aromatic rings. The first-order valence-electron chi connectivity index (χ1n) is 9.46. The molecule has 13 nitrogen and oxygen atoms in total. The Kier molecular flexibility index (Phi) is 12.2. The van der Waals surface area contributed by atoms with E-state index in [1.807, 2.05) is 0 Å². The van der Waals surface area contributed by atoms with Crippen molar-refractivity contribution < 1.29 is 34.2 Å². The molecular weight excluding hydrogens is 400 g/mol. The molecule has 0 rings (SSSR count). The summed E-state index contributed by atoms with van der Waals surface area (Å²) < 4.78 is 0. The number of carboxylic acids is 1. The first kappa shape index (κ1) is 27.2. The molecule has 0 bridgehead atoms. The Balaban J connectivity index is 5.08. The Morgan fingerprint density at radius 3 is 1.93 bits per heavy atom. The maximum atomic E-state index is 12.5. The summed E-state index contributed by atoms with van der Waals surface area (Å²) in [7, 11) is 0. The average molecular weight is 432 g/mol. The van der Waals surface area contributed by atoms with E-state index >= 15 is 0 Å². The van der Waals surface area contributed by atoms with Crippen molar-refractivity contribution in [1.82, 2.24) is 16.0 Å². The summed E-state index contributed by atoms with van der Waals surface area (Å²) in [5.74, 6) is -4.69. The number of carboxylic acid groups (broad SMARTS) is 1. The number of aliphatic hydroxyl groups excluding tert-OH is 1. The molecule has 11 N–H and O–H groups in total. The summed E-state index contributed by atoms with van der Waals surface area (Å²) in [4.78, 5) is 58.8. The van der Waals surface area contributed by atoms with Crippen molar-refractivity contribution in [2.75, 3.05) is 6.54 Å². The average Bonchev–Trinajstić information content (AvgIpc) is 2.65. The zero-order valence-corrected chi connectivity index (χ0v) is 17.1. The lowest BCUT2D eigenvalue weighted by atomic mass is 10.1. The highest BCUT2D eigenvalue weighted by Crippen LogP contribution is 2.03. The number of nitrogens with one attached hydrogen (secondary N) is 3. The number of amides is 4. The number of aliphatic carboxylic acids is 1. The molecule has 5 unspecified atom stereocenters. The largest absolute Gasteiger partial charge is 0.480 e. The maximum absolute atomic E-state index is 12.5. The van der Waals surface area contributed by atoms with E-state index in [9.17, 15) is 29.1 Å². The summed E-state index contributed by atoms with van der Waals surface area (Å²) >= 11 is 0. The van der Waals surface area contributed by atoms with Gasteiger partial charge in [0.2, 0.25) is 23.6 Å². The lowest BCUT2D eigenvalue weighted by molar-refractivity contribution is -0.143. The van der Waals surface area contributed by atoms with Gasteiger partial charge in [-0.1, -0.05) is 0 Å². The lowest BCUT2D eigenvalue weighted by Gasteiger charge is -2.24. The maximum Gasteiger partial charge on any atom is 0.326 e. The van der Waals surface area contributed by atoms with Crippen LogP contribution >= 0.6 is 0 Å². The minimum atomic E-state index is -1.54. The van der Waals surface area contributed by atoms with E-state index in [2.05, 4.69) is 16.0 Å². The number of aliphatic hydroxyl groups is 1. The standard InChI is InChI=1S/C17H32N6O7/c1-8(14(26)23-11(17(29)30)7-12(19)25)21-15(27)10(5-3-4-6-18)22-16(28)13(20)9(2)24/h8-11,13,24H,3-7,18,20H2,1-2H3,(H2,19,25)(H,21,27)(H,22,28)(H,23,26)(H,29,30). The van der Waals surface area contributed by atoms with Gasteiger partial charge in [0.25, 0.3) is 0 Å². The summed E-state index contributed by atoms with van der Waals surface area (Å²) in [5, 5.41) is 25.4. The van der Waals surface area contributed by atoms with E-state index in [1.165, 1.54) is 13.8 Å². The second-order valence-electron chi connectivity index (χ2n) is 6.91. The molecule has 0 aliphatic rings. The van der Waals surface area contributed by atoms with Crippen LogP contribution < -0.4 is 33.2 Å². The summed E-state index contributed by atoms with van der Waals surface area (Å²) in [5.41, 5.74) is 15.9. The quantitative estimate of drug-likeness (QED) is 0.126. The highest BCUT2D eigenvalue weighted by molar-refractivity contribution is 5.94. The lowest BCUT2D eigenvalue weighted by Crippen LogP contribution is -2.57. The summed E-state index contributed by atoms with van der Waals surface area (Å²) in [6.07, 6.45) is -0.461. The Bertz CT molecular complexity index is 628. The van der Waals surface area contributed by atoms with E-state index in [-0.39, 0.29) is 6.42 Å². The minimum absolute atomic E-state index is 0.203. The first-order valence-corrected chi connectivity index (χ1v) is 9.46. The Hall–Kier alpha value is -2.77.